The van der Waals surface area contributed by atoms with Gasteiger partial charge in [-0.3, -0.25) is 14.9 Å². The summed E-state index contributed by atoms with van der Waals surface area (Å²) in [5.74, 6) is 0.0371. The van der Waals surface area contributed by atoms with Crippen LogP contribution in [0.5, 0.6) is 0 Å². The molecule has 1 N–H and O–H groups in total. The van der Waals surface area contributed by atoms with Gasteiger partial charge < -0.3 is 9.73 Å². The third-order valence-electron chi connectivity index (χ3n) is 3.28. The lowest BCUT2D eigenvalue weighted by Crippen LogP contribution is -2.10. The first kappa shape index (κ1) is 15.8. The number of hydrogen-bond acceptors (Lipinski definition) is 4. The minimum Gasteiger partial charge on any atom is -0.451 e. The van der Waals surface area contributed by atoms with Crippen LogP contribution in [0.3, 0.4) is 0 Å². The van der Waals surface area contributed by atoms with Crippen LogP contribution in [0.15, 0.2) is 65.1 Å². The fraction of sp³-hybridized carbons (Fsp3) is 0. The molecule has 3 rings (SSSR count). The zero-order valence-corrected chi connectivity index (χ0v) is 13.0. The van der Waals surface area contributed by atoms with Crippen LogP contribution in [0.25, 0.3) is 11.3 Å². The van der Waals surface area contributed by atoms with E-state index < -0.39 is 10.8 Å². The molecular formula is C17H11ClN2O4. The molecule has 7 heteroatoms. The highest BCUT2D eigenvalue weighted by Crippen LogP contribution is 2.29. The van der Waals surface area contributed by atoms with Gasteiger partial charge in [-0.1, -0.05) is 29.8 Å². The van der Waals surface area contributed by atoms with Crippen LogP contribution in [-0.2, 0) is 0 Å². The van der Waals surface area contributed by atoms with Crippen LogP contribution < -0.4 is 5.32 Å². The highest BCUT2D eigenvalue weighted by molar-refractivity contribution is 6.33. The molecule has 6 nitrogen and oxygen atoms in total. The molecule has 24 heavy (non-hydrogen) atoms. The first-order chi connectivity index (χ1) is 11.5. The second kappa shape index (κ2) is 6.55. The first-order valence-corrected chi connectivity index (χ1v) is 7.33. The Kier molecular flexibility index (Phi) is 4.31. The zero-order valence-electron chi connectivity index (χ0n) is 12.2. The molecule has 3 aromatic rings. The van der Waals surface area contributed by atoms with Crippen LogP contribution in [-0.4, -0.2) is 10.8 Å². The number of non-ortho nitro benzene ring substituents is 1. The number of nitrogens with one attached hydrogen (secondary N) is 1. The van der Waals surface area contributed by atoms with E-state index in [9.17, 15) is 14.9 Å². The molecule has 1 heterocycles. The summed E-state index contributed by atoms with van der Waals surface area (Å²) in [4.78, 5) is 22.5. The van der Waals surface area contributed by atoms with Crippen LogP contribution >= 0.6 is 11.6 Å². The second-order valence-electron chi connectivity index (χ2n) is 4.91. The third kappa shape index (κ3) is 3.28. The van der Waals surface area contributed by atoms with Crippen molar-refractivity contribution >= 4 is 28.9 Å². The predicted molar refractivity (Wildman–Crippen MR) is 90.2 cm³/mol. The Labute approximate surface area is 141 Å². The van der Waals surface area contributed by atoms with Crippen molar-refractivity contribution in [2.75, 3.05) is 5.32 Å². The molecule has 120 valence electrons. The number of nitrogens with zero attached hydrogens (tertiary/aromatic N) is 1. The maximum absolute atomic E-state index is 12.2. The Morgan fingerprint density at radius 3 is 2.62 bits per heavy atom. The molecule has 1 amide bonds. The van der Waals surface area contributed by atoms with Gasteiger partial charge in [0.1, 0.15) is 5.76 Å². The lowest BCUT2D eigenvalue weighted by molar-refractivity contribution is -0.384. The third-order valence-corrected chi connectivity index (χ3v) is 3.61. The number of carbonyl (C=O) groups is 1. The van der Waals surface area contributed by atoms with Crippen molar-refractivity contribution in [1.29, 1.82) is 0 Å². The van der Waals surface area contributed by atoms with Crippen molar-refractivity contribution < 1.29 is 14.1 Å². The minimum absolute atomic E-state index is 0.0800. The topological polar surface area (TPSA) is 85.4 Å². The fourth-order valence-corrected chi connectivity index (χ4v) is 2.38. The molecule has 0 aliphatic rings. The molecule has 0 unspecified atom stereocenters. The molecule has 0 aliphatic carbocycles. The van der Waals surface area contributed by atoms with E-state index in [0.29, 0.717) is 22.0 Å². The van der Waals surface area contributed by atoms with E-state index in [-0.39, 0.29) is 11.4 Å². The molecule has 0 saturated heterocycles. The number of nitro benzene ring substituents is 1. The molecule has 0 saturated carbocycles. The van der Waals surface area contributed by atoms with Crippen LogP contribution in [0, 0.1) is 10.1 Å². The molecule has 0 aliphatic heterocycles. The van der Waals surface area contributed by atoms with Gasteiger partial charge in [0.2, 0.25) is 0 Å². The Morgan fingerprint density at radius 2 is 1.88 bits per heavy atom. The average molecular weight is 343 g/mol. The molecule has 1 aromatic heterocycles. The van der Waals surface area contributed by atoms with Crippen molar-refractivity contribution in [2.45, 2.75) is 0 Å². The summed E-state index contributed by atoms with van der Waals surface area (Å²) < 4.78 is 5.53. The second-order valence-corrected chi connectivity index (χ2v) is 5.31. The summed E-state index contributed by atoms with van der Waals surface area (Å²) in [6, 6.07) is 15.9. The maximum Gasteiger partial charge on any atom is 0.291 e. The normalized spacial score (nSPS) is 10.4. The monoisotopic (exact) mass is 342 g/mol. The van der Waals surface area contributed by atoms with Gasteiger partial charge in [0.05, 0.1) is 9.95 Å². The largest absolute Gasteiger partial charge is 0.451 e. The number of hydrogen-bond donors (Lipinski definition) is 1. The van der Waals surface area contributed by atoms with Gasteiger partial charge in [-0.25, -0.2) is 0 Å². The molecule has 2 aromatic carbocycles. The summed E-state index contributed by atoms with van der Waals surface area (Å²) in [5.41, 5.74) is 0.877. The summed E-state index contributed by atoms with van der Waals surface area (Å²) in [5, 5.41) is 13.8. The van der Waals surface area contributed by atoms with Crippen molar-refractivity contribution in [1.82, 2.24) is 0 Å². The van der Waals surface area contributed by atoms with Gasteiger partial charge in [0, 0.05) is 23.4 Å². The maximum atomic E-state index is 12.2. The fourth-order valence-electron chi connectivity index (χ4n) is 2.16. The van der Waals surface area contributed by atoms with Gasteiger partial charge in [-0.05, 0) is 30.3 Å². The standard InChI is InChI=1S/C17H11ClN2O4/c18-14-7-2-1-6-13(14)15-8-9-16(24-15)17(21)19-11-4-3-5-12(10-11)20(22)23/h1-10H,(H,19,21). The highest BCUT2D eigenvalue weighted by atomic mass is 35.5. The van der Waals surface area contributed by atoms with Gasteiger partial charge in [0.15, 0.2) is 5.76 Å². The van der Waals surface area contributed by atoms with Gasteiger partial charge >= 0.3 is 0 Å². The number of halogens is 1. The zero-order chi connectivity index (χ0) is 17.1. The summed E-state index contributed by atoms with van der Waals surface area (Å²) in [7, 11) is 0. The summed E-state index contributed by atoms with van der Waals surface area (Å²) in [6.07, 6.45) is 0. The summed E-state index contributed by atoms with van der Waals surface area (Å²) >= 11 is 6.10. The van der Waals surface area contributed by atoms with Crippen molar-refractivity contribution in [3.8, 4) is 11.3 Å². The van der Waals surface area contributed by atoms with E-state index >= 15 is 0 Å². The number of carbonyl (C=O) groups excluding carboxylic acids is 1. The van der Waals surface area contributed by atoms with E-state index in [1.165, 1.54) is 24.3 Å². The van der Waals surface area contributed by atoms with Gasteiger partial charge in [-0.2, -0.15) is 0 Å². The van der Waals surface area contributed by atoms with Gasteiger partial charge in [-0.15, -0.1) is 0 Å². The lowest BCUT2D eigenvalue weighted by Gasteiger charge is -2.03. The predicted octanol–water partition coefficient (Wildman–Crippen LogP) is 4.76. The Bertz CT molecular complexity index is 920. The van der Waals surface area contributed by atoms with Crippen LogP contribution in [0.4, 0.5) is 11.4 Å². The Hall–Kier alpha value is -3.12. The SMILES string of the molecule is O=C(Nc1cccc([N+](=O)[O-])c1)c1ccc(-c2ccccc2Cl)o1. The number of nitro groups is 1. The van der Waals surface area contributed by atoms with E-state index in [2.05, 4.69) is 5.32 Å². The summed E-state index contributed by atoms with van der Waals surface area (Å²) in [6.45, 7) is 0. The number of amides is 1. The Balaban J connectivity index is 1.81. The smallest absolute Gasteiger partial charge is 0.291 e. The van der Waals surface area contributed by atoms with E-state index in [4.69, 9.17) is 16.0 Å². The molecule has 0 radical (unpaired) electrons. The van der Waals surface area contributed by atoms with Crippen molar-refractivity contribution in [3.63, 3.8) is 0 Å². The van der Waals surface area contributed by atoms with E-state index in [0.717, 1.165) is 0 Å². The molecule has 0 atom stereocenters. The van der Waals surface area contributed by atoms with Crippen molar-refractivity contribution in [3.05, 3.63) is 81.6 Å². The quantitative estimate of drug-likeness (QED) is 0.547. The van der Waals surface area contributed by atoms with E-state index in [1.54, 1.807) is 30.3 Å². The molecule has 0 bridgehead atoms. The highest BCUT2D eigenvalue weighted by Gasteiger charge is 2.15. The molecule has 0 spiro atoms. The van der Waals surface area contributed by atoms with E-state index in [1.807, 2.05) is 6.07 Å². The Morgan fingerprint density at radius 1 is 1.08 bits per heavy atom. The molecular weight excluding hydrogens is 332 g/mol. The number of anilines is 1. The number of furan rings is 1. The lowest BCUT2D eigenvalue weighted by atomic mass is 10.2. The van der Waals surface area contributed by atoms with Gasteiger partial charge in [0.25, 0.3) is 11.6 Å². The average Bonchev–Trinajstić information content (AvgIpc) is 3.05. The van der Waals surface area contributed by atoms with Crippen LogP contribution in [0.2, 0.25) is 5.02 Å². The first-order valence-electron chi connectivity index (χ1n) is 6.95. The van der Waals surface area contributed by atoms with Crippen LogP contribution in [0.1, 0.15) is 10.6 Å². The number of benzene rings is 2. The minimum atomic E-state index is -0.530. The molecule has 0 fully saturated rings. The van der Waals surface area contributed by atoms with Crippen molar-refractivity contribution in [2.24, 2.45) is 0 Å². The number of rotatable bonds is 4.